The molecule has 1 aliphatic heterocycles. The molecule has 1 aliphatic rings. The van der Waals surface area contributed by atoms with Gasteiger partial charge in [0.25, 0.3) is 0 Å². The Hall–Kier alpha value is -0.640. The Kier molecular flexibility index (Phi) is 4.82. The molecule has 0 spiro atoms. The van der Waals surface area contributed by atoms with Crippen molar-refractivity contribution in [2.45, 2.75) is 26.3 Å². The Morgan fingerprint density at radius 3 is 2.58 bits per heavy atom. The lowest BCUT2D eigenvalue weighted by molar-refractivity contribution is 0.0967. The normalized spacial score (nSPS) is 26.4. The molecule has 0 aromatic heterocycles. The first-order valence-corrected chi connectivity index (χ1v) is 7.28. The fourth-order valence-corrected chi connectivity index (χ4v) is 3.40. The molecule has 106 valence electrons. The van der Waals surface area contributed by atoms with Gasteiger partial charge < -0.3 is 5.73 Å². The number of rotatable bonds is 3. The molecule has 1 fully saturated rings. The highest BCUT2D eigenvalue weighted by Gasteiger charge is 2.29. The molecule has 3 unspecified atom stereocenters. The average Bonchev–Trinajstić information content (AvgIpc) is 2.34. The molecule has 1 aromatic carbocycles. The summed E-state index contributed by atoms with van der Waals surface area (Å²) in [4.78, 5) is 2.30. The number of piperidine rings is 1. The van der Waals surface area contributed by atoms with Crippen molar-refractivity contribution in [3.63, 3.8) is 0 Å². The highest BCUT2D eigenvalue weighted by molar-refractivity contribution is 6.30. The molecular formula is C15H22ClFN2. The topological polar surface area (TPSA) is 29.3 Å². The third-order valence-electron chi connectivity index (χ3n) is 3.90. The molecule has 1 heterocycles. The molecule has 19 heavy (non-hydrogen) atoms. The maximum atomic E-state index is 14.2. The van der Waals surface area contributed by atoms with E-state index in [4.69, 9.17) is 17.3 Å². The second-order valence-corrected chi connectivity index (χ2v) is 6.20. The van der Waals surface area contributed by atoms with Crippen LogP contribution >= 0.6 is 11.6 Å². The van der Waals surface area contributed by atoms with Gasteiger partial charge in [0.15, 0.2) is 0 Å². The maximum absolute atomic E-state index is 14.2. The van der Waals surface area contributed by atoms with Crippen LogP contribution in [0.1, 0.15) is 31.9 Å². The van der Waals surface area contributed by atoms with Crippen LogP contribution in [0.15, 0.2) is 18.2 Å². The summed E-state index contributed by atoms with van der Waals surface area (Å²) < 4.78 is 14.2. The van der Waals surface area contributed by atoms with Gasteiger partial charge in [0.05, 0.1) is 5.02 Å². The number of hydrogen-bond acceptors (Lipinski definition) is 2. The van der Waals surface area contributed by atoms with Crippen LogP contribution in [0.3, 0.4) is 0 Å². The van der Waals surface area contributed by atoms with E-state index in [1.54, 1.807) is 18.2 Å². The zero-order chi connectivity index (χ0) is 14.0. The lowest BCUT2D eigenvalue weighted by Crippen LogP contribution is -2.43. The van der Waals surface area contributed by atoms with E-state index in [9.17, 15) is 4.39 Å². The fourth-order valence-electron chi connectivity index (χ4n) is 3.22. The molecule has 1 aromatic rings. The standard InChI is InChI=1S/C15H22ClFN2/c1-10-6-11(2)9-19(8-10)14(7-18)12-4-3-5-13(16)15(12)17/h3-5,10-11,14H,6-9,18H2,1-2H3. The summed E-state index contributed by atoms with van der Waals surface area (Å²) in [5.41, 5.74) is 6.52. The van der Waals surface area contributed by atoms with Crippen LogP contribution in [-0.2, 0) is 0 Å². The minimum absolute atomic E-state index is 0.0797. The minimum atomic E-state index is -0.328. The second kappa shape index (κ2) is 6.21. The molecule has 0 amide bonds. The zero-order valence-corrected chi connectivity index (χ0v) is 12.3. The smallest absolute Gasteiger partial charge is 0.146 e. The summed E-state index contributed by atoms with van der Waals surface area (Å²) in [5.74, 6) is 0.922. The van der Waals surface area contributed by atoms with Crippen molar-refractivity contribution in [3.8, 4) is 0 Å². The van der Waals surface area contributed by atoms with Crippen molar-refractivity contribution in [3.05, 3.63) is 34.6 Å². The van der Waals surface area contributed by atoms with Gasteiger partial charge in [-0.3, -0.25) is 4.90 Å². The van der Waals surface area contributed by atoms with Gasteiger partial charge in [-0.1, -0.05) is 37.6 Å². The molecule has 2 nitrogen and oxygen atoms in total. The van der Waals surface area contributed by atoms with Gasteiger partial charge >= 0.3 is 0 Å². The van der Waals surface area contributed by atoms with Gasteiger partial charge in [0.1, 0.15) is 5.82 Å². The Balaban J connectivity index is 2.26. The summed E-state index contributed by atoms with van der Waals surface area (Å²) in [5, 5.41) is 0.175. The van der Waals surface area contributed by atoms with Gasteiger partial charge in [0.2, 0.25) is 0 Å². The lowest BCUT2D eigenvalue weighted by Gasteiger charge is -2.40. The van der Waals surface area contributed by atoms with E-state index >= 15 is 0 Å². The van der Waals surface area contributed by atoms with Crippen LogP contribution in [0.25, 0.3) is 0 Å². The largest absolute Gasteiger partial charge is 0.329 e. The van der Waals surface area contributed by atoms with Crippen LogP contribution in [0.5, 0.6) is 0 Å². The number of nitrogens with two attached hydrogens (primary N) is 1. The van der Waals surface area contributed by atoms with E-state index in [0.717, 1.165) is 13.1 Å². The predicted octanol–water partition coefficient (Wildman–Crippen LogP) is 3.46. The molecule has 0 bridgehead atoms. The van der Waals surface area contributed by atoms with Gasteiger partial charge in [-0.25, -0.2) is 4.39 Å². The second-order valence-electron chi connectivity index (χ2n) is 5.79. The van der Waals surface area contributed by atoms with Crippen molar-refractivity contribution in [1.82, 2.24) is 4.90 Å². The van der Waals surface area contributed by atoms with Crippen molar-refractivity contribution in [2.75, 3.05) is 19.6 Å². The van der Waals surface area contributed by atoms with Crippen LogP contribution in [0.2, 0.25) is 5.02 Å². The summed E-state index contributed by atoms with van der Waals surface area (Å²) in [6.07, 6.45) is 1.23. The van der Waals surface area contributed by atoms with Crippen LogP contribution < -0.4 is 5.73 Å². The van der Waals surface area contributed by atoms with Crippen LogP contribution in [0.4, 0.5) is 4.39 Å². The van der Waals surface area contributed by atoms with Crippen molar-refractivity contribution >= 4 is 11.6 Å². The van der Waals surface area contributed by atoms with Gasteiger partial charge in [-0.2, -0.15) is 0 Å². The molecular weight excluding hydrogens is 263 g/mol. The van der Waals surface area contributed by atoms with E-state index in [-0.39, 0.29) is 16.9 Å². The van der Waals surface area contributed by atoms with E-state index < -0.39 is 0 Å². The fraction of sp³-hybridized carbons (Fsp3) is 0.600. The Morgan fingerprint density at radius 1 is 1.37 bits per heavy atom. The third-order valence-corrected chi connectivity index (χ3v) is 4.19. The van der Waals surface area contributed by atoms with Crippen molar-refractivity contribution in [2.24, 2.45) is 17.6 Å². The highest BCUT2D eigenvalue weighted by atomic mass is 35.5. The molecule has 0 radical (unpaired) electrons. The molecule has 1 saturated heterocycles. The highest BCUT2D eigenvalue weighted by Crippen LogP contribution is 2.31. The summed E-state index contributed by atoms with van der Waals surface area (Å²) in [6.45, 7) is 6.84. The average molecular weight is 285 g/mol. The molecule has 2 N–H and O–H groups in total. The van der Waals surface area contributed by atoms with Crippen molar-refractivity contribution in [1.29, 1.82) is 0 Å². The zero-order valence-electron chi connectivity index (χ0n) is 11.6. The monoisotopic (exact) mass is 284 g/mol. The van der Waals surface area contributed by atoms with Gasteiger partial charge in [-0.05, 0) is 24.3 Å². The van der Waals surface area contributed by atoms with Crippen molar-refractivity contribution < 1.29 is 4.39 Å². The summed E-state index contributed by atoms with van der Waals surface area (Å²) in [6, 6.07) is 5.09. The number of likely N-dealkylation sites (tertiary alicyclic amines) is 1. The number of nitrogens with zero attached hydrogens (tertiary/aromatic N) is 1. The van der Waals surface area contributed by atoms with E-state index in [0.29, 0.717) is 23.9 Å². The van der Waals surface area contributed by atoms with E-state index in [1.165, 1.54) is 6.42 Å². The predicted molar refractivity (Wildman–Crippen MR) is 77.7 cm³/mol. The molecule has 2 rings (SSSR count). The molecule has 0 saturated carbocycles. The van der Waals surface area contributed by atoms with Crippen LogP contribution in [0, 0.1) is 17.7 Å². The molecule has 3 atom stereocenters. The minimum Gasteiger partial charge on any atom is -0.329 e. The first kappa shape index (κ1) is 14.8. The number of benzene rings is 1. The van der Waals surface area contributed by atoms with E-state index in [1.807, 2.05) is 0 Å². The van der Waals surface area contributed by atoms with Gasteiger partial charge in [0, 0.05) is 31.2 Å². The SMILES string of the molecule is CC1CC(C)CN(C(CN)c2cccc(Cl)c2F)C1. The number of halogens is 2. The summed E-state index contributed by atoms with van der Waals surface area (Å²) >= 11 is 5.88. The first-order chi connectivity index (χ1) is 9.02. The maximum Gasteiger partial charge on any atom is 0.146 e. The Labute approximate surface area is 119 Å². The third kappa shape index (κ3) is 3.28. The first-order valence-electron chi connectivity index (χ1n) is 6.91. The molecule has 0 aliphatic carbocycles. The lowest BCUT2D eigenvalue weighted by atomic mass is 9.89. The Bertz CT molecular complexity index is 428. The summed E-state index contributed by atoms with van der Waals surface area (Å²) in [7, 11) is 0. The van der Waals surface area contributed by atoms with Gasteiger partial charge in [-0.15, -0.1) is 0 Å². The Morgan fingerprint density at radius 2 is 2.00 bits per heavy atom. The quantitative estimate of drug-likeness (QED) is 0.921. The molecule has 4 heteroatoms. The van der Waals surface area contributed by atoms with E-state index in [2.05, 4.69) is 18.7 Å². The van der Waals surface area contributed by atoms with Crippen LogP contribution in [-0.4, -0.2) is 24.5 Å². The number of hydrogen-bond donors (Lipinski definition) is 1.